The summed E-state index contributed by atoms with van der Waals surface area (Å²) < 4.78 is 35.6. The van der Waals surface area contributed by atoms with Gasteiger partial charge in [-0.3, -0.25) is 47.7 Å². The lowest BCUT2D eigenvalue weighted by Gasteiger charge is -2.28. The summed E-state index contributed by atoms with van der Waals surface area (Å²) in [4.78, 5) is 119. The first-order chi connectivity index (χ1) is 35.1. The SMILES string of the molecule is CSCCC(NC(=O)C(Cc1ccc(OS(=O)(=O)O)cc1)NC(C)=O)C(=O)NCC(=O)NC(Cc1ccc2ccccc2c1)C(=O)NC(CCSC)C(=O)NC(CC(=O)O)C(=O)NC(CC1CCCCC1)C(N)=O. The van der Waals surface area contributed by atoms with Crippen molar-refractivity contribution in [3.8, 4) is 5.75 Å². The first kappa shape index (κ1) is 60.1. The van der Waals surface area contributed by atoms with Crippen LogP contribution in [0, 0.1) is 5.92 Å². The molecule has 0 aliphatic heterocycles. The zero-order valence-corrected chi connectivity index (χ0v) is 43.8. The van der Waals surface area contributed by atoms with Crippen LogP contribution in [-0.4, -0.2) is 138 Å². The Morgan fingerprint density at radius 2 is 1.16 bits per heavy atom. The van der Waals surface area contributed by atoms with Gasteiger partial charge in [-0.25, -0.2) is 0 Å². The monoisotopic (exact) mass is 1090 g/mol. The number of hydrogen-bond donors (Lipinski definition) is 10. The number of carboxylic acids is 1. The predicted octanol–water partition coefficient (Wildman–Crippen LogP) is 1.29. The zero-order valence-electron chi connectivity index (χ0n) is 41.4. The lowest BCUT2D eigenvalue weighted by molar-refractivity contribution is -0.141. The number of primary amides is 1. The molecule has 0 spiro atoms. The third-order valence-electron chi connectivity index (χ3n) is 12.0. The standard InChI is InChI=1S/C49H66N8O14S3/c1-29(58)52-39(25-31-14-17-35(18-15-31)71-74(68,69)70)47(65)54-36(19-21-72-2)45(63)51-28-42(59)53-40(26-32-13-16-33-11-7-8-12-34(33)23-32)48(66)55-37(20-22-73-3)46(64)57-41(27-43(60)61)49(67)56-38(44(50)62)24-30-9-5-4-6-10-30/h7-8,11-18,23,30,36-41H,4-6,9-10,19-22,24-28H2,1-3H3,(H2,50,62)(H,51,63)(H,52,58)(H,53,59)(H,54,65)(H,55,66)(H,56,67)(H,57,64)(H,60,61)(H,68,69,70). The van der Waals surface area contributed by atoms with Gasteiger partial charge in [-0.05, 0) is 83.2 Å². The van der Waals surface area contributed by atoms with Crippen LogP contribution < -0.4 is 47.1 Å². The van der Waals surface area contributed by atoms with Crippen LogP contribution in [0.25, 0.3) is 10.8 Å². The van der Waals surface area contributed by atoms with E-state index in [4.69, 9.17) is 10.3 Å². The fraction of sp³-hybridized carbons (Fsp3) is 0.490. The molecule has 0 radical (unpaired) electrons. The van der Waals surface area contributed by atoms with Crippen molar-refractivity contribution in [2.45, 2.75) is 114 Å². The Hall–Kier alpha value is -6.44. The molecule has 4 rings (SSSR count). The molecule has 25 heteroatoms. The van der Waals surface area contributed by atoms with E-state index in [1.54, 1.807) is 18.6 Å². The molecule has 74 heavy (non-hydrogen) atoms. The van der Waals surface area contributed by atoms with E-state index >= 15 is 0 Å². The molecule has 1 fully saturated rings. The molecule has 0 saturated heterocycles. The molecular weight excluding hydrogens is 1020 g/mol. The van der Waals surface area contributed by atoms with Gasteiger partial charge in [0, 0.05) is 19.8 Å². The smallest absolute Gasteiger partial charge is 0.446 e. The third-order valence-corrected chi connectivity index (χ3v) is 13.7. The number of aliphatic carboxylic acids is 1. The van der Waals surface area contributed by atoms with Gasteiger partial charge in [-0.1, -0.05) is 86.7 Å². The van der Waals surface area contributed by atoms with E-state index in [0.717, 1.165) is 42.9 Å². The number of amides is 8. The molecule has 8 amide bonds. The molecule has 11 N–H and O–H groups in total. The highest BCUT2D eigenvalue weighted by Crippen LogP contribution is 2.27. The number of thioether (sulfide) groups is 2. The third kappa shape index (κ3) is 21.2. The number of carbonyl (C=O) groups is 9. The van der Waals surface area contributed by atoms with Gasteiger partial charge >= 0.3 is 16.4 Å². The minimum Gasteiger partial charge on any atom is -0.481 e. The normalized spacial score (nSPS) is 15.1. The molecule has 3 aromatic carbocycles. The summed E-state index contributed by atoms with van der Waals surface area (Å²) in [6.07, 6.45) is 7.52. The Kier molecular flexibility index (Phi) is 24.4. The molecule has 0 bridgehead atoms. The van der Waals surface area contributed by atoms with E-state index in [9.17, 15) is 56.7 Å². The van der Waals surface area contributed by atoms with Crippen LogP contribution in [0.4, 0.5) is 0 Å². The van der Waals surface area contributed by atoms with Crippen LogP contribution in [0.15, 0.2) is 66.7 Å². The number of benzene rings is 3. The van der Waals surface area contributed by atoms with Gasteiger partial charge in [0.2, 0.25) is 47.3 Å². The van der Waals surface area contributed by atoms with Crippen molar-refractivity contribution in [1.82, 2.24) is 37.2 Å². The van der Waals surface area contributed by atoms with Gasteiger partial charge in [0.15, 0.2) is 0 Å². The van der Waals surface area contributed by atoms with Gasteiger partial charge in [0.1, 0.15) is 42.0 Å². The van der Waals surface area contributed by atoms with E-state index in [-0.39, 0.29) is 43.8 Å². The number of nitrogens with one attached hydrogen (secondary N) is 7. The minimum absolute atomic E-state index is 0.0165. The molecule has 1 aliphatic carbocycles. The summed E-state index contributed by atoms with van der Waals surface area (Å²) in [6.45, 7) is 0.516. The molecule has 0 aromatic heterocycles. The average molecular weight is 1090 g/mol. The van der Waals surface area contributed by atoms with Crippen molar-refractivity contribution in [2.24, 2.45) is 11.7 Å². The summed E-state index contributed by atoms with van der Waals surface area (Å²) in [5.74, 6) is -7.18. The van der Waals surface area contributed by atoms with Crippen LogP contribution >= 0.6 is 23.5 Å². The average Bonchev–Trinajstić information content (AvgIpc) is 3.34. The molecule has 6 atom stereocenters. The minimum atomic E-state index is -4.79. The second kappa shape index (κ2) is 30.1. The maximum atomic E-state index is 14.3. The summed E-state index contributed by atoms with van der Waals surface area (Å²) in [5.41, 5.74) is 6.71. The predicted molar refractivity (Wildman–Crippen MR) is 279 cm³/mol. The lowest BCUT2D eigenvalue weighted by atomic mass is 9.84. The van der Waals surface area contributed by atoms with E-state index < -0.39 is 113 Å². The van der Waals surface area contributed by atoms with Crippen LogP contribution in [0.3, 0.4) is 0 Å². The second-order valence-electron chi connectivity index (χ2n) is 17.9. The van der Waals surface area contributed by atoms with E-state index in [2.05, 4.69) is 41.4 Å². The maximum Gasteiger partial charge on any atom is 0.446 e. The maximum absolute atomic E-state index is 14.3. The molecule has 3 aromatic rings. The fourth-order valence-corrected chi connectivity index (χ4v) is 9.62. The Labute approximate surface area is 438 Å². The quantitative estimate of drug-likeness (QED) is 0.0421. The lowest BCUT2D eigenvalue weighted by Crippen LogP contribution is -2.59. The van der Waals surface area contributed by atoms with Crippen LogP contribution in [0.1, 0.15) is 75.8 Å². The van der Waals surface area contributed by atoms with Crippen molar-refractivity contribution in [1.29, 1.82) is 0 Å². The van der Waals surface area contributed by atoms with Gasteiger partial charge in [0.25, 0.3) is 0 Å². The number of fused-ring (bicyclic) bond motifs is 1. The Morgan fingerprint density at radius 3 is 1.73 bits per heavy atom. The summed E-state index contributed by atoms with van der Waals surface area (Å²) in [7, 11) is -4.79. The van der Waals surface area contributed by atoms with Crippen molar-refractivity contribution in [3.05, 3.63) is 77.9 Å². The second-order valence-corrected chi connectivity index (χ2v) is 20.9. The van der Waals surface area contributed by atoms with Crippen molar-refractivity contribution >= 4 is 97.9 Å². The molecule has 22 nitrogen and oxygen atoms in total. The molecule has 404 valence electrons. The molecular formula is C49H66N8O14S3. The van der Waals surface area contributed by atoms with Crippen LogP contribution in [-0.2, 0) is 66.4 Å². The first-order valence-corrected chi connectivity index (χ1v) is 28.1. The Bertz CT molecular complexity index is 2560. The highest BCUT2D eigenvalue weighted by atomic mass is 32.3. The van der Waals surface area contributed by atoms with Crippen molar-refractivity contribution in [2.75, 3.05) is 30.6 Å². The molecule has 1 aliphatic rings. The Balaban J connectivity index is 1.51. The highest BCUT2D eigenvalue weighted by Gasteiger charge is 2.34. The summed E-state index contributed by atoms with van der Waals surface area (Å²) >= 11 is 2.72. The zero-order chi connectivity index (χ0) is 54.4. The van der Waals surface area contributed by atoms with Crippen LogP contribution in [0.2, 0.25) is 0 Å². The van der Waals surface area contributed by atoms with E-state index in [1.807, 2.05) is 36.4 Å². The van der Waals surface area contributed by atoms with E-state index in [0.29, 0.717) is 22.6 Å². The van der Waals surface area contributed by atoms with Gasteiger partial charge in [-0.15, -0.1) is 0 Å². The van der Waals surface area contributed by atoms with Crippen molar-refractivity contribution < 1.29 is 65.4 Å². The summed E-state index contributed by atoms with van der Waals surface area (Å²) in [5, 5.41) is 29.4. The van der Waals surface area contributed by atoms with Crippen LogP contribution in [0.5, 0.6) is 5.75 Å². The van der Waals surface area contributed by atoms with Gasteiger partial charge < -0.3 is 52.2 Å². The highest BCUT2D eigenvalue weighted by molar-refractivity contribution is 7.98. The summed E-state index contributed by atoms with van der Waals surface area (Å²) in [6, 6.07) is 10.3. The number of carbonyl (C=O) groups excluding carboxylic acids is 8. The van der Waals surface area contributed by atoms with Gasteiger partial charge in [0.05, 0.1) is 13.0 Å². The number of carboxylic acid groups (broad SMARTS) is 1. The largest absolute Gasteiger partial charge is 0.481 e. The molecule has 1 saturated carbocycles. The fourth-order valence-electron chi connectivity index (χ4n) is 8.32. The number of rotatable bonds is 30. The molecule has 0 heterocycles. The first-order valence-electron chi connectivity index (χ1n) is 23.9. The van der Waals surface area contributed by atoms with Gasteiger partial charge in [-0.2, -0.15) is 31.9 Å². The van der Waals surface area contributed by atoms with Crippen molar-refractivity contribution in [3.63, 3.8) is 0 Å². The molecule has 6 unspecified atom stereocenters. The number of hydrogen-bond acceptors (Lipinski definition) is 14. The Morgan fingerprint density at radius 1 is 0.649 bits per heavy atom. The number of nitrogens with two attached hydrogens (primary N) is 1. The van der Waals surface area contributed by atoms with E-state index in [1.165, 1.54) is 54.7 Å². The topological polar surface area (TPSA) is 348 Å².